The maximum atomic E-state index is 11.9. The van der Waals surface area contributed by atoms with Crippen LogP contribution in [-0.4, -0.2) is 16.9 Å². The number of hydrogen-bond acceptors (Lipinski definition) is 2. The average molecular weight is 255 g/mol. The van der Waals surface area contributed by atoms with Gasteiger partial charge in [0.25, 0.3) is 0 Å². The van der Waals surface area contributed by atoms with Crippen LogP contribution >= 0.6 is 11.6 Å². The second-order valence-electron chi connectivity index (χ2n) is 4.75. The van der Waals surface area contributed by atoms with Gasteiger partial charge >= 0.3 is 5.97 Å². The molecule has 0 saturated heterocycles. The minimum absolute atomic E-state index is 0.0400. The van der Waals surface area contributed by atoms with E-state index in [0.29, 0.717) is 10.6 Å². The predicted molar refractivity (Wildman–Crippen MR) is 66.6 cm³/mol. The van der Waals surface area contributed by atoms with Gasteiger partial charge in [-0.2, -0.15) is 0 Å². The second-order valence-corrected chi connectivity index (χ2v) is 5.16. The Bertz CT molecular complexity index is 464. The molecule has 0 aromatic heterocycles. The molecule has 1 aromatic carbocycles. The molecule has 0 heterocycles. The van der Waals surface area contributed by atoms with Crippen LogP contribution in [0.4, 0.5) is 0 Å². The van der Waals surface area contributed by atoms with Crippen molar-refractivity contribution in [2.45, 2.75) is 27.2 Å². The van der Waals surface area contributed by atoms with Gasteiger partial charge < -0.3 is 5.11 Å². The lowest BCUT2D eigenvalue weighted by atomic mass is 9.85. The summed E-state index contributed by atoms with van der Waals surface area (Å²) < 4.78 is 0. The molecule has 0 aliphatic rings. The third-order valence-corrected chi connectivity index (χ3v) is 3.08. The van der Waals surface area contributed by atoms with E-state index in [2.05, 4.69) is 0 Å². The Balaban J connectivity index is 2.91. The largest absolute Gasteiger partial charge is 0.481 e. The summed E-state index contributed by atoms with van der Waals surface area (Å²) in [6.07, 6.45) is -0.0400. The lowest BCUT2D eigenvalue weighted by Gasteiger charge is -2.17. The third-order valence-electron chi connectivity index (χ3n) is 2.68. The van der Waals surface area contributed by atoms with E-state index in [1.807, 2.05) is 6.92 Å². The van der Waals surface area contributed by atoms with Crippen LogP contribution in [0.1, 0.15) is 36.2 Å². The van der Waals surface area contributed by atoms with E-state index in [1.54, 1.807) is 18.2 Å². The number of carbonyl (C=O) groups is 2. The van der Waals surface area contributed by atoms with Crippen LogP contribution in [0.5, 0.6) is 0 Å². The molecule has 0 unspecified atom stereocenters. The van der Waals surface area contributed by atoms with Crippen molar-refractivity contribution in [3.8, 4) is 0 Å². The van der Waals surface area contributed by atoms with Crippen LogP contribution in [0.15, 0.2) is 18.2 Å². The first kappa shape index (κ1) is 13.7. The lowest BCUT2D eigenvalue weighted by Crippen LogP contribution is -2.26. The number of benzene rings is 1. The molecule has 0 amide bonds. The number of Topliss-reactive ketones (excluding diaryl/α,β-unsaturated/α-hetero) is 1. The smallest absolute Gasteiger partial charge is 0.309 e. The lowest BCUT2D eigenvalue weighted by molar-refractivity contribution is -0.146. The number of carbonyl (C=O) groups excluding carboxylic acids is 1. The van der Waals surface area contributed by atoms with Gasteiger partial charge in [-0.05, 0) is 32.4 Å². The third kappa shape index (κ3) is 3.30. The van der Waals surface area contributed by atoms with E-state index < -0.39 is 11.4 Å². The van der Waals surface area contributed by atoms with Crippen molar-refractivity contribution < 1.29 is 14.7 Å². The van der Waals surface area contributed by atoms with Gasteiger partial charge in [0.15, 0.2) is 5.78 Å². The van der Waals surface area contributed by atoms with E-state index in [1.165, 1.54) is 13.8 Å². The molecule has 0 fully saturated rings. The first-order valence-electron chi connectivity index (χ1n) is 5.27. The van der Waals surface area contributed by atoms with Crippen molar-refractivity contribution in [2.75, 3.05) is 0 Å². The van der Waals surface area contributed by atoms with Gasteiger partial charge in [-0.15, -0.1) is 0 Å². The van der Waals surface area contributed by atoms with Crippen LogP contribution < -0.4 is 0 Å². The molecule has 4 heteroatoms. The van der Waals surface area contributed by atoms with E-state index in [4.69, 9.17) is 16.7 Å². The number of halogens is 1. The number of carboxylic acids is 1. The molecule has 17 heavy (non-hydrogen) atoms. The second kappa shape index (κ2) is 4.88. The molecule has 1 rings (SSSR count). The molecule has 1 aromatic rings. The Morgan fingerprint density at radius 1 is 1.35 bits per heavy atom. The van der Waals surface area contributed by atoms with Crippen LogP contribution in [0.3, 0.4) is 0 Å². The van der Waals surface area contributed by atoms with Crippen molar-refractivity contribution in [1.29, 1.82) is 0 Å². The summed E-state index contributed by atoms with van der Waals surface area (Å²) in [6.45, 7) is 4.91. The number of aryl methyl sites for hydroxylation is 1. The Labute approximate surface area is 105 Å². The summed E-state index contributed by atoms with van der Waals surface area (Å²) in [5.74, 6) is -1.19. The van der Waals surface area contributed by atoms with Gasteiger partial charge in [-0.1, -0.05) is 23.7 Å². The zero-order valence-corrected chi connectivity index (χ0v) is 10.8. The molecular weight excluding hydrogens is 240 g/mol. The SMILES string of the molecule is Cc1ccc(C(=O)CC(C)(C)C(=O)O)cc1Cl. The van der Waals surface area contributed by atoms with Crippen LogP contribution in [0.25, 0.3) is 0 Å². The molecule has 0 saturated carbocycles. The summed E-state index contributed by atoms with van der Waals surface area (Å²) >= 11 is 5.92. The average Bonchev–Trinajstić information content (AvgIpc) is 2.21. The van der Waals surface area contributed by atoms with Crippen molar-refractivity contribution in [3.63, 3.8) is 0 Å². The van der Waals surface area contributed by atoms with Gasteiger partial charge in [-0.3, -0.25) is 9.59 Å². The molecule has 1 N–H and O–H groups in total. The quantitative estimate of drug-likeness (QED) is 0.839. The van der Waals surface area contributed by atoms with Gasteiger partial charge in [-0.25, -0.2) is 0 Å². The Morgan fingerprint density at radius 2 is 1.94 bits per heavy atom. The number of aliphatic carboxylic acids is 1. The molecule has 0 aliphatic heterocycles. The zero-order chi connectivity index (χ0) is 13.2. The summed E-state index contributed by atoms with van der Waals surface area (Å²) in [5.41, 5.74) is 0.282. The van der Waals surface area contributed by atoms with Gasteiger partial charge in [0.2, 0.25) is 0 Å². The standard InChI is InChI=1S/C13H15ClO3/c1-8-4-5-9(6-10(8)14)11(15)7-13(2,3)12(16)17/h4-6H,7H2,1-3H3,(H,16,17). The maximum absolute atomic E-state index is 11.9. The highest BCUT2D eigenvalue weighted by molar-refractivity contribution is 6.31. The van der Waals surface area contributed by atoms with Crippen LogP contribution in [0.2, 0.25) is 5.02 Å². The summed E-state index contributed by atoms with van der Waals surface area (Å²) in [7, 11) is 0. The fourth-order valence-electron chi connectivity index (χ4n) is 1.35. The fourth-order valence-corrected chi connectivity index (χ4v) is 1.53. The molecule has 0 bridgehead atoms. The molecule has 3 nitrogen and oxygen atoms in total. The molecule has 92 valence electrons. The number of rotatable bonds is 4. The van der Waals surface area contributed by atoms with Crippen LogP contribution in [-0.2, 0) is 4.79 Å². The number of ketones is 1. The minimum atomic E-state index is -1.06. The highest BCUT2D eigenvalue weighted by Gasteiger charge is 2.30. The van der Waals surface area contributed by atoms with Gasteiger partial charge in [0.1, 0.15) is 0 Å². The van der Waals surface area contributed by atoms with Crippen molar-refractivity contribution >= 4 is 23.4 Å². The van der Waals surface area contributed by atoms with Crippen LogP contribution in [0, 0.1) is 12.3 Å². The summed E-state index contributed by atoms with van der Waals surface area (Å²) in [5, 5.41) is 9.48. The molecular formula is C13H15ClO3. The molecule has 0 aliphatic carbocycles. The Morgan fingerprint density at radius 3 is 2.41 bits per heavy atom. The monoisotopic (exact) mass is 254 g/mol. The zero-order valence-electron chi connectivity index (χ0n) is 10.1. The molecule has 0 radical (unpaired) electrons. The Kier molecular flexibility index (Phi) is 3.94. The molecule has 0 spiro atoms. The molecule has 0 atom stereocenters. The predicted octanol–water partition coefficient (Wildman–Crippen LogP) is 3.33. The van der Waals surface area contributed by atoms with E-state index in [9.17, 15) is 9.59 Å². The van der Waals surface area contributed by atoms with E-state index >= 15 is 0 Å². The van der Waals surface area contributed by atoms with E-state index in [0.717, 1.165) is 5.56 Å². The number of carboxylic acid groups (broad SMARTS) is 1. The Hall–Kier alpha value is -1.35. The fraction of sp³-hybridized carbons (Fsp3) is 0.385. The first-order valence-corrected chi connectivity index (χ1v) is 5.64. The topological polar surface area (TPSA) is 54.4 Å². The normalized spacial score (nSPS) is 11.3. The summed E-state index contributed by atoms with van der Waals surface area (Å²) in [4.78, 5) is 22.8. The van der Waals surface area contributed by atoms with Gasteiger partial charge in [0, 0.05) is 17.0 Å². The van der Waals surface area contributed by atoms with Gasteiger partial charge in [0.05, 0.1) is 5.41 Å². The van der Waals surface area contributed by atoms with Crippen molar-refractivity contribution in [3.05, 3.63) is 34.3 Å². The number of hydrogen-bond donors (Lipinski definition) is 1. The summed E-state index contributed by atoms with van der Waals surface area (Å²) in [6, 6.07) is 5.00. The maximum Gasteiger partial charge on any atom is 0.309 e. The van der Waals surface area contributed by atoms with Crippen molar-refractivity contribution in [2.24, 2.45) is 5.41 Å². The highest BCUT2D eigenvalue weighted by atomic mass is 35.5. The first-order chi connectivity index (χ1) is 7.74. The highest BCUT2D eigenvalue weighted by Crippen LogP contribution is 2.25. The van der Waals surface area contributed by atoms with E-state index in [-0.39, 0.29) is 12.2 Å². The van der Waals surface area contributed by atoms with Crippen molar-refractivity contribution in [1.82, 2.24) is 0 Å². The minimum Gasteiger partial charge on any atom is -0.481 e.